The summed E-state index contributed by atoms with van der Waals surface area (Å²) in [6, 6.07) is 30.1. The number of aromatic nitrogens is 2. The minimum absolute atomic E-state index is 0.0833. The van der Waals surface area contributed by atoms with E-state index in [-0.39, 0.29) is 10.3 Å². The Hall–Kier alpha value is -3.42. The van der Waals surface area contributed by atoms with Crippen LogP contribution in [0.5, 0.6) is 5.88 Å². The van der Waals surface area contributed by atoms with Crippen molar-refractivity contribution in [3.05, 3.63) is 113 Å². The van der Waals surface area contributed by atoms with Gasteiger partial charge in [0.15, 0.2) is 0 Å². The van der Waals surface area contributed by atoms with Crippen LogP contribution in [-0.2, 0) is 21.9 Å². The van der Waals surface area contributed by atoms with E-state index in [9.17, 15) is 4.21 Å². The molecule has 0 bridgehead atoms. The molecule has 1 aromatic heterocycles. The van der Waals surface area contributed by atoms with Gasteiger partial charge >= 0.3 is 0 Å². The van der Waals surface area contributed by atoms with E-state index in [1.54, 1.807) is 4.68 Å². The van der Waals surface area contributed by atoms with Crippen molar-refractivity contribution in [2.75, 3.05) is 6.61 Å². The lowest BCUT2D eigenvalue weighted by Gasteiger charge is -2.35. The second-order valence-electron chi connectivity index (χ2n) is 9.38. The van der Waals surface area contributed by atoms with Gasteiger partial charge in [0.05, 0.1) is 18.6 Å². The number of hydrogen-bond donors (Lipinski definition) is 2. The highest BCUT2D eigenvalue weighted by Gasteiger charge is 2.51. The fourth-order valence-corrected chi connectivity index (χ4v) is 6.14. The maximum absolute atomic E-state index is 13.4. The fourth-order valence-electron chi connectivity index (χ4n) is 5.23. The van der Waals surface area contributed by atoms with Crippen molar-refractivity contribution in [2.45, 2.75) is 29.7 Å². The van der Waals surface area contributed by atoms with Crippen LogP contribution < -0.4 is 9.88 Å². The summed E-state index contributed by atoms with van der Waals surface area (Å²) in [5, 5.41) is 11.2. The first-order valence-electron chi connectivity index (χ1n) is 11.4. The lowest BCUT2D eigenvalue weighted by atomic mass is 9.67. The van der Waals surface area contributed by atoms with Crippen LogP contribution in [0.4, 0.5) is 0 Å². The normalized spacial score (nSPS) is 18.0. The Morgan fingerprint density at radius 2 is 1.35 bits per heavy atom. The molecule has 2 heterocycles. The summed E-state index contributed by atoms with van der Waals surface area (Å²) >= 11 is 0. The number of rotatable bonds is 5. The summed E-state index contributed by atoms with van der Waals surface area (Å²) < 4.78 is 29.9. The minimum atomic E-state index is -3.66. The number of nitrogens with one attached hydrogen (secondary N) is 1. The van der Waals surface area contributed by atoms with E-state index in [4.69, 9.17) is 19.8 Å². The summed E-state index contributed by atoms with van der Waals surface area (Å²) in [6.45, 7) is 1.22. The maximum atomic E-state index is 13.4. The third-order valence-corrected chi connectivity index (χ3v) is 8.08. The van der Waals surface area contributed by atoms with Crippen molar-refractivity contribution in [2.24, 2.45) is 10.6 Å². The van der Waals surface area contributed by atoms with E-state index in [0.717, 1.165) is 29.5 Å². The van der Waals surface area contributed by atoms with Gasteiger partial charge in [-0.2, -0.15) is 5.10 Å². The van der Waals surface area contributed by atoms with Crippen molar-refractivity contribution in [3.63, 3.8) is 0 Å². The lowest BCUT2D eigenvalue weighted by Crippen LogP contribution is -2.33. The highest BCUT2D eigenvalue weighted by atomic mass is 32.2. The van der Waals surface area contributed by atoms with Gasteiger partial charge in [0.1, 0.15) is 20.5 Å². The van der Waals surface area contributed by atoms with E-state index in [2.05, 4.69) is 0 Å². The first-order chi connectivity index (χ1) is 16.4. The van der Waals surface area contributed by atoms with Gasteiger partial charge in [0.25, 0.3) is 0 Å². The Morgan fingerprint density at radius 1 is 0.882 bits per heavy atom. The molecule has 0 radical (unpaired) electrons. The Morgan fingerprint density at radius 3 is 1.76 bits per heavy atom. The summed E-state index contributed by atoms with van der Waals surface area (Å²) in [5.41, 5.74) is 2.50. The molecule has 1 saturated carbocycles. The minimum Gasteiger partial charge on any atom is -0.476 e. The van der Waals surface area contributed by atoms with Crippen molar-refractivity contribution in [3.8, 4) is 5.88 Å². The zero-order valence-corrected chi connectivity index (χ0v) is 19.5. The number of nitrogens with two attached hydrogens (primary N) is 1. The second-order valence-corrected chi connectivity index (χ2v) is 11.0. The highest BCUT2D eigenvalue weighted by molar-refractivity contribution is 7.90. The highest BCUT2D eigenvalue weighted by Crippen LogP contribution is 2.53. The van der Waals surface area contributed by atoms with Crippen LogP contribution in [0.2, 0.25) is 0 Å². The molecule has 6 nitrogen and oxygen atoms in total. The predicted octanol–water partition coefficient (Wildman–Crippen LogP) is 4.72. The van der Waals surface area contributed by atoms with E-state index in [0.29, 0.717) is 24.7 Å². The molecule has 1 atom stereocenters. The van der Waals surface area contributed by atoms with Crippen molar-refractivity contribution in [1.82, 2.24) is 9.78 Å². The fraction of sp³-hybridized carbons (Fsp3) is 0.222. The molecule has 0 amide bonds. The zero-order chi connectivity index (χ0) is 23.4. The Kier molecular flexibility index (Phi) is 4.69. The lowest BCUT2D eigenvalue weighted by molar-refractivity contribution is 0.144. The summed E-state index contributed by atoms with van der Waals surface area (Å²) in [5.74, 6) is 0.363. The number of nitrogens with zero attached hydrogens (tertiary/aromatic N) is 2. The Labute approximate surface area is 199 Å². The van der Waals surface area contributed by atoms with Gasteiger partial charge in [0.2, 0.25) is 5.88 Å². The first-order valence-corrected chi connectivity index (χ1v) is 13.0. The quantitative estimate of drug-likeness (QED) is 0.413. The van der Waals surface area contributed by atoms with Crippen molar-refractivity contribution >= 4 is 9.92 Å². The average molecular weight is 471 g/mol. The van der Waals surface area contributed by atoms with Crippen LogP contribution in [0.1, 0.15) is 35.2 Å². The molecule has 2 aliphatic rings. The zero-order valence-electron chi connectivity index (χ0n) is 18.7. The number of ether oxygens (including phenoxy) is 1. The van der Waals surface area contributed by atoms with Crippen LogP contribution in [-0.4, -0.2) is 20.6 Å². The molecule has 172 valence electrons. The largest absolute Gasteiger partial charge is 0.476 e. The standard InChI is InChI=1S/C27H26N4O2S/c28-34(29,32)23-24(30-31-18-26(16-17-26)19-33-25(23)31)27(20-10-4-1-5-11-20,21-12-6-2-7-13-21)22-14-8-3-9-15-22/h1-15H,16-19H2,(H3,28,29,32). The molecular formula is C27H26N4O2S. The van der Waals surface area contributed by atoms with Gasteiger partial charge in [-0.25, -0.2) is 18.8 Å². The third-order valence-electron chi connectivity index (χ3n) is 7.10. The number of benzene rings is 3. The monoisotopic (exact) mass is 470 g/mol. The van der Waals surface area contributed by atoms with Gasteiger partial charge in [0, 0.05) is 5.41 Å². The van der Waals surface area contributed by atoms with Crippen LogP contribution >= 0.6 is 0 Å². The van der Waals surface area contributed by atoms with Gasteiger partial charge in [-0.3, -0.25) is 0 Å². The van der Waals surface area contributed by atoms with Crippen LogP contribution in [0.15, 0.2) is 95.9 Å². The summed E-state index contributed by atoms with van der Waals surface area (Å²) in [6.07, 6.45) is 2.16. The molecule has 1 spiro atoms. The van der Waals surface area contributed by atoms with Gasteiger partial charge in [-0.05, 0) is 29.5 Å². The molecule has 6 rings (SSSR count). The van der Waals surface area contributed by atoms with Gasteiger partial charge < -0.3 is 4.74 Å². The molecule has 1 fully saturated rings. The molecular weight excluding hydrogens is 444 g/mol. The van der Waals surface area contributed by atoms with E-state index < -0.39 is 15.3 Å². The van der Waals surface area contributed by atoms with Gasteiger partial charge in [-0.15, -0.1) is 0 Å². The Balaban J connectivity index is 1.76. The summed E-state index contributed by atoms with van der Waals surface area (Å²) in [4.78, 5) is 0.180. The molecule has 3 N–H and O–H groups in total. The van der Waals surface area contributed by atoms with Crippen molar-refractivity contribution in [1.29, 1.82) is 4.78 Å². The van der Waals surface area contributed by atoms with E-state index in [1.807, 2.05) is 91.0 Å². The maximum Gasteiger partial charge on any atom is 0.231 e. The Bertz CT molecular complexity index is 1350. The number of hydrogen-bond acceptors (Lipinski definition) is 4. The average Bonchev–Trinajstić information content (AvgIpc) is 3.48. The predicted molar refractivity (Wildman–Crippen MR) is 131 cm³/mol. The smallest absolute Gasteiger partial charge is 0.231 e. The molecule has 3 aromatic carbocycles. The topological polar surface area (TPSA) is 94.0 Å². The summed E-state index contributed by atoms with van der Waals surface area (Å²) in [7, 11) is -3.66. The van der Waals surface area contributed by atoms with Gasteiger partial charge in [-0.1, -0.05) is 91.0 Å². The van der Waals surface area contributed by atoms with Crippen LogP contribution in [0, 0.1) is 10.2 Å². The molecule has 1 unspecified atom stereocenters. The molecule has 7 heteroatoms. The van der Waals surface area contributed by atoms with Crippen LogP contribution in [0.25, 0.3) is 0 Å². The first kappa shape index (κ1) is 21.1. The molecule has 1 aliphatic heterocycles. The second kappa shape index (κ2) is 7.55. The molecule has 4 aromatic rings. The van der Waals surface area contributed by atoms with Crippen LogP contribution in [0.3, 0.4) is 0 Å². The molecule has 0 saturated heterocycles. The number of fused-ring (bicyclic) bond motifs is 1. The third kappa shape index (κ3) is 3.19. The van der Waals surface area contributed by atoms with E-state index >= 15 is 0 Å². The van der Waals surface area contributed by atoms with Crippen molar-refractivity contribution < 1.29 is 8.95 Å². The molecule has 34 heavy (non-hydrogen) atoms. The SMILES string of the molecule is N=S(N)(=O)c1c(C(c2ccccc2)(c2ccccc2)c2ccccc2)nn2c1OCC1(CC1)C2. The van der Waals surface area contributed by atoms with E-state index in [1.165, 1.54) is 0 Å². The molecule has 1 aliphatic carbocycles.